The van der Waals surface area contributed by atoms with Crippen molar-refractivity contribution >= 4 is 5.78 Å². The fourth-order valence-electron chi connectivity index (χ4n) is 2.29. The first kappa shape index (κ1) is 13.5. The zero-order valence-corrected chi connectivity index (χ0v) is 11.1. The van der Waals surface area contributed by atoms with E-state index in [1.54, 1.807) is 0 Å². The monoisotopic (exact) mass is 251 g/mol. The number of hydrogen-bond acceptors (Lipinski definition) is 1. The molecule has 2 rings (SSSR count). The quantitative estimate of drug-likeness (QED) is 0.682. The molecule has 1 atom stereocenters. The second-order valence-electron chi connectivity index (χ2n) is 4.69. The minimum absolute atomic E-state index is 0.0506. The van der Waals surface area contributed by atoms with Gasteiger partial charge in [0.15, 0.2) is 5.78 Å². The van der Waals surface area contributed by atoms with Crippen LogP contribution in [0.4, 0.5) is 0 Å². The molecule has 0 aromatic heterocycles. The van der Waals surface area contributed by atoms with Crippen LogP contribution >= 0.6 is 0 Å². The summed E-state index contributed by atoms with van der Waals surface area (Å²) in [5.41, 5.74) is 1.89. The van der Waals surface area contributed by atoms with E-state index < -0.39 is 0 Å². The molecule has 0 bridgehead atoms. The lowest BCUT2D eigenvalue weighted by atomic mass is 9.87. The Balaban J connectivity index is 2.25. The molecule has 0 spiro atoms. The van der Waals surface area contributed by atoms with Gasteiger partial charge in [0.2, 0.25) is 0 Å². The molecule has 1 heteroatoms. The van der Waals surface area contributed by atoms with Gasteiger partial charge in [0.1, 0.15) is 0 Å². The van der Waals surface area contributed by atoms with E-state index in [1.165, 1.54) is 0 Å². The van der Waals surface area contributed by atoms with E-state index in [9.17, 15) is 4.79 Å². The zero-order chi connectivity index (χ0) is 13.5. The van der Waals surface area contributed by atoms with Crippen molar-refractivity contribution in [1.29, 1.82) is 0 Å². The van der Waals surface area contributed by atoms with Crippen molar-refractivity contribution in [3.05, 3.63) is 78.7 Å². The van der Waals surface area contributed by atoms with E-state index in [0.717, 1.165) is 30.4 Å². The number of Topliss-reactive ketones (excluding diaryl/α,β-unsaturated/α-hetero) is 1. The average Bonchev–Trinajstić information content (AvgIpc) is 2.49. The summed E-state index contributed by atoms with van der Waals surface area (Å²) < 4.78 is 0. The lowest BCUT2D eigenvalue weighted by molar-refractivity contribution is 0.0954. The lowest BCUT2D eigenvalue weighted by Crippen LogP contribution is -2.13. The van der Waals surface area contributed by atoms with Gasteiger partial charge in [-0.15, -0.1) is 0 Å². The first-order chi connectivity index (χ1) is 9.33. The van der Waals surface area contributed by atoms with Crippen molar-refractivity contribution in [1.82, 2.24) is 0 Å². The van der Waals surface area contributed by atoms with E-state index in [4.69, 9.17) is 0 Å². The Hall–Kier alpha value is -1.89. The third-order valence-electron chi connectivity index (χ3n) is 3.32. The van der Waals surface area contributed by atoms with Crippen LogP contribution in [0.3, 0.4) is 0 Å². The van der Waals surface area contributed by atoms with Gasteiger partial charge < -0.3 is 0 Å². The first-order valence-electron chi connectivity index (χ1n) is 6.76. The van der Waals surface area contributed by atoms with E-state index in [2.05, 4.69) is 6.92 Å². The summed E-state index contributed by atoms with van der Waals surface area (Å²) in [5, 5.41) is 0. The highest BCUT2D eigenvalue weighted by Gasteiger charge is 2.20. The molecule has 19 heavy (non-hydrogen) atoms. The molecule has 0 N–H and O–H groups in total. The standard InChI is InChI=1S/C18H19O/c1-2-3-14-17(15-10-6-4-7-11-15)18(19)16-12-8-5-9-13-16/h4-13,17H,1-3,14H2. The predicted octanol–water partition coefficient (Wildman–Crippen LogP) is 4.66. The molecule has 1 unspecified atom stereocenters. The van der Waals surface area contributed by atoms with E-state index in [-0.39, 0.29) is 11.7 Å². The molecular formula is C18H19O. The average molecular weight is 251 g/mol. The summed E-state index contributed by atoms with van der Waals surface area (Å²) in [6, 6.07) is 19.6. The molecule has 0 aliphatic carbocycles. The number of carbonyl (C=O) groups excluding carboxylic acids is 1. The fraction of sp³-hybridized carbons (Fsp3) is 0.222. The van der Waals surface area contributed by atoms with Gasteiger partial charge >= 0.3 is 0 Å². The summed E-state index contributed by atoms with van der Waals surface area (Å²) in [6.45, 7) is 3.87. The van der Waals surface area contributed by atoms with Crippen molar-refractivity contribution < 1.29 is 4.79 Å². The van der Waals surface area contributed by atoms with Crippen LogP contribution in [0.5, 0.6) is 0 Å². The number of rotatable bonds is 6. The van der Waals surface area contributed by atoms with Gasteiger partial charge in [-0.25, -0.2) is 0 Å². The van der Waals surface area contributed by atoms with Crippen molar-refractivity contribution in [2.45, 2.75) is 25.2 Å². The van der Waals surface area contributed by atoms with Crippen LogP contribution in [0.15, 0.2) is 60.7 Å². The van der Waals surface area contributed by atoms with Crippen LogP contribution < -0.4 is 0 Å². The summed E-state index contributed by atoms with van der Waals surface area (Å²) >= 11 is 0. The van der Waals surface area contributed by atoms with Gasteiger partial charge in [0.05, 0.1) is 0 Å². The number of hydrogen-bond donors (Lipinski definition) is 0. The van der Waals surface area contributed by atoms with Gasteiger partial charge in [-0.2, -0.15) is 0 Å². The molecule has 0 fully saturated rings. The number of ketones is 1. The highest BCUT2D eigenvalue weighted by molar-refractivity contribution is 6.00. The lowest BCUT2D eigenvalue weighted by Gasteiger charge is -2.16. The third kappa shape index (κ3) is 3.54. The number of carbonyl (C=O) groups is 1. The van der Waals surface area contributed by atoms with Gasteiger partial charge in [-0.1, -0.05) is 80.4 Å². The Bertz CT molecular complexity index is 502. The van der Waals surface area contributed by atoms with Crippen molar-refractivity contribution in [3.63, 3.8) is 0 Å². The fourth-order valence-corrected chi connectivity index (χ4v) is 2.29. The van der Waals surface area contributed by atoms with Crippen LogP contribution in [0.2, 0.25) is 0 Å². The molecule has 0 saturated heterocycles. The summed E-state index contributed by atoms with van der Waals surface area (Å²) in [5.74, 6) is 0.158. The maximum atomic E-state index is 12.6. The Morgan fingerprint density at radius 2 is 1.53 bits per heavy atom. The Morgan fingerprint density at radius 3 is 2.11 bits per heavy atom. The summed E-state index contributed by atoms with van der Waals surface area (Å²) in [6.07, 6.45) is 2.70. The molecule has 0 aliphatic heterocycles. The molecule has 2 aromatic carbocycles. The van der Waals surface area contributed by atoms with Gasteiger partial charge in [-0.05, 0) is 12.0 Å². The number of benzene rings is 2. The van der Waals surface area contributed by atoms with Gasteiger partial charge in [0, 0.05) is 11.5 Å². The molecule has 0 heterocycles. The molecule has 97 valence electrons. The van der Waals surface area contributed by atoms with Gasteiger partial charge in [-0.3, -0.25) is 4.79 Å². The Labute approximate surface area is 115 Å². The molecule has 2 aromatic rings. The molecule has 0 aliphatic rings. The van der Waals surface area contributed by atoms with Crippen LogP contribution in [-0.4, -0.2) is 5.78 Å². The molecule has 1 nitrogen and oxygen atoms in total. The van der Waals surface area contributed by atoms with Crippen molar-refractivity contribution in [3.8, 4) is 0 Å². The molecule has 0 saturated carbocycles. The largest absolute Gasteiger partial charge is 0.293 e. The topological polar surface area (TPSA) is 17.1 Å². The van der Waals surface area contributed by atoms with Crippen LogP contribution in [-0.2, 0) is 0 Å². The van der Waals surface area contributed by atoms with E-state index in [0.29, 0.717) is 0 Å². The molecule has 0 amide bonds. The zero-order valence-electron chi connectivity index (χ0n) is 11.1. The van der Waals surface area contributed by atoms with E-state index >= 15 is 0 Å². The van der Waals surface area contributed by atoms with Crippen LogP contribution in [0, 0.1) is 6.92 Å². The summed E-state index contributed by atoms with van der Waals surface area (Å²) in [7, 11) is 0. The second kappa shape index (κ2) is 6.89. The van der Waals surface area contributed by atoms with Crippen molar-refractivity contribution in [2.24, 2.45) is 0 Å². The normalized spacial score (nSPS) is 12.1. The maximum Gasteiger partial charge on any atom is 0.170 e. The van der Waals surface area contributed by atoms with Crippen LogP contribution in [0.1, 0.15) is 41.1 Å². The van der Waals surface area contributed by atoms with E-state index in [1.807, 2.05) is 60.7 Å². The SMILES string of the molecule is [CH2]CCCC(C(=O)c1ccccc1)c1ccccc1. The third-order valence-corrected chi connectivity index (χ3v) is 3.32. The minimum Gasteiger partial charge on any atom is -0.293 e. The smallest absolute Gasteiger partial charge is 0.170 e. The van der Waals surface area contributed by atoms with Crippen molar-refractivity contribution in [2.75, 3.05) is 0 Å². The number of unbranched alkanes of at least 4 members (excludes halogenated alkanes) is 1. The Kier molecular flexibility index (Phi) is 4.91. The highest BCUT2D eigenvalue weighted by Crippen LogP contribution is 2.26. The summed E-state index contributed by atoms with van der Waals surface area (Å²) in [4.78, 5) is 12.6. The maximum absolute atomic E-state index is 12.6. The Morgan fingerprint density at radius 1 is 0.947 bits per heavy atom. The van der Waals surface area contributed by atoms with Crippen LogP contribution in [0.25, 0.3) is 0 Å². The minimum atomic E-state index is -0.0506. The molecule has 1 radical (unpaired) electrons. The first-order valence-corrected chi connectivity index (χ1v) is 6.76. The predicted molar refractivity (Wildman–Crippen MR) is 79.2 cm³/mol. The molecular weight excluding hydrogens is 232 g/mol. The highest BCUT2D eigenvalue weighted by atomic mass is 16.1. The van der Waals surface area contributed by atoms with Gasteiger partial charge in [0.25, 0.3) is 0 Å². The second-order valence-corrected chi connectivity index (χ2v) is 4.69.